The van der Waals surface area contributed by atoms with Gasteiger partial charge in [-0.25, -0.2) is 0 Å². The molecule has 18 heavy (non-hydrogen) atoms. The fourth-order valence-corrected chi connectivity index (χ4v) is 2.87. The van der Waals surface area contributed by atoms with Crippen LogP contribution in [0.4, 0.5) is 5.69 Å². The van der Waals surface area contributed by atoms with Gasteiger partial charge in [-0.3, -0.25) is 0 Å². The number of methoxy groups -OCH3 is 1. The summed E-state index contributed by atoms with van der Waals surface area (Å²) in [7, 11) is 1.71. The highest BCUT2D eigenvalue weighted by Gasteiger charge is 2.23. The van der Waals surface area contributed by atoms with Crippen LogP contribution in [-0.2, 0) is 0 Å². The minimum absolute atomic E-state index is 0.00900. The molecule has 0 spiro atoms. The second-order valence-corrected chi connectivity index (χ2v) is 5.22. The van der Waals surface area contributed by atoms with Crippen LogP contribution in [0.5, 0.6) is 5.75 Å². The highest BCUT2D eigenvalue weighted by Crippen LogP contribution is 2.36. The van der Waals surface area contributed by atoms with Crippen molar-refractivity contribution in [2.45, 2.75) is 45.2 Å². The van der Waals surface area contributed by atoms with Crippen molar-refractivity contribution in [3.8, 4) is 5.75 Å². The van der Waals surface area contributed by atoms with Gasteiger partial charge in [-0.2, -0.15) is 0 Å². The zero-order chi connectivity index (χ0) is 13.1. The molecule has 3 heteroatoms. The molecule has 1 heterocycles. The van der Waals surface area contributed by atoms with Crippen LogP contribution in [0.1, 0.15) is 44.7 Å². The summed E-state index contributed by atoms with van der Waals surface area (Å²) in [5.41, 5.74) is 8.52. The third-order valence-corrected chi connectivity index (χ3v) is 3.83. The number of piperidine rings is 1. The van der Waals surface area contributed by atoms with Crippen molar-refractivity contribution < 1.29 is 4.74 Å². The number of hydrogen-bond donors (Lipinski definition) is 1. The predicted molar refractivity (Wildman–Crippen MR) is 76.3 cm³/mol. The Morgan fingerprint density at radius 2 is 2.17 bits per heavy atom. The van der Waals surface area contributed by atoms with E-state index in [1.54, 1.807) is 7.11 Å². The zero-order valence-corrected chi connectivity index (χ0v) is 11.6. The molecule has 2 rings (SSSR count). The molecule has 1 fully saturated rings. The molecular formula is C15H24N2O. The molecule has 0 aromatic heterocycles. The van der Waals surface area contributed by atoms with Crippen LogP contribution in [0.25, 0.3) is 0 Å². The number of benzene rings is 1. The lowest BCUT2D eigenvalue weighted by atomic mass is 9.98. The van der Waals surface area contributed by atoms with Gasteiger partial charge in [0, 0.05) is 29.9 Å². The van der Waals surface area contributed by atoms with Crippen LogP contribution in [0.3, 0.4) is 0 Å². The number of ether oxygens (including phenoxy) is 1. The fraction of sp³-hybridized carbons (Fsp3) is 0.600. The molecule has 100 valence electrons. The van der Waals surface area contributed by atoms with Crippen molar-refractivity contribution in [3.63, 3.8) is 0 Å². The van der Waals surface area contributed by atoms with Gasteiger partial charge in [-0.05, 0) is 45.2 Å². The Balaban J connectivity index is 2.42. The van der Waals surface area contributed by atoms with Gasteiger partial charge in [0.25, 0.3) is 0 Å². The zero-order valence-electron chi connectivity index (χ0n) is 11.6. The van der Waals surface area contributed by atoms with Gasteiger partial charge >= 0.3 is 0 Å². The first-order valence-electron chi connectivity index (χ1n) is 6.84. The van der Waals surface area contributed by atoms with Gasteiger partial charge in [0.05, 0.1) is 7.11 Å². The largest absolute Gasteiger partial charge is 0.496 e. The first-order chi connectivity index (χ1) is 8.65. The van der Waals surface area contributed by atoms with Crippen molar-refractivity contribution in [1.29, 1.82) is 0 Å². The number of anilines is 1. The summed E-state index contributed by atoms with van der Waals surface area (Å²) in [4.78, 5) is 2.48. The van der Waals surface area contributed by atoms with E-state index in [1.165, 1.54) is 24.9 Å². The lowest BCUT2D eigenvalue weighted by Crippen LogP contribution is -2.38. The molecule has 1 unspecified atom stereocenters. The van der Waals surface area contributed by atoms with Crippen molar-refractivity contribution in [3.05, 3.63) is 23.8 Å². The van der Waals surface area contributed by atoms with E-state index in [9.17, 15) is 0 Å². The quantitative estimate of drug-likeness (QED) is 0.893. The highest BCUT2D eigenvalue weighted by atomic mass is 16.5. The van der Waals surface area contributed by atoms with E-state index < -0.39 is 0 Å². The number of hydrogen-bond acceptors (Lipinski definition) is 3. The van der Waals surface area contributed by atoms with E-state index in [0.29, 0.717) is 6.04 Å². The molecule has 1 aromatic rings. The smallest absolute Gasteiger partial charge is 0.125 e. The van der Waals surface area contributed by atoms with Gasteiger partial charge in [0.1, 0.15) is 5.75 Å². The molecule has 0 radical (unpaired) electrons. The summed E-state index contributed by atoms with van der Waals surface area (Å²) in [5, 5.41) is 0. The first kappa shape index (κ1) is 13.2. The lowest BCUT2D eigenvalue weighted by molar-refractivity contribution is 0.405. The Kier molecular flexibility index (Phi) is 4.12. The van der Waals surface area contributed by atoms with E-state index in [0.717, 1.165) is 17.9 Å². The standard InChI is InChI=1S/C15H24N2O/c1-11-7-4-5-10-17(11)13-8-6-9-14(18-3)15(13)12(2)16/h6,8-9,11-12H,4-5,7,10,16H2,1-3H3/t11?,12-/m0/s1. The third kappa shape index (κ3) is 2.46. The van der Waals surface area contributed by atoms with Gasteiger partial charge in [0.15, 0.2) is 0 Å². The van der Waals surface area contributed by atoms with Gasteiger partial charge in [-0.1, -0.05) is 6.07 Å². The fourth-order valence-electron chi connectivity index (χ4n) is 2.87. The van der Waals surface area contributed by atoms with Gasteiger partial charge in [0.2, 0.25) is 0 Å². The summed E-state index contributed by atoms with van der Waals surface area (Å²) >= 11 is 0. The maximum absolute atomic E-state index is 6.14. The van der Waals surface area contributed by atoms with E-state index in [-0.39, 0.29) is 6.04 Å². The minimum atomic E-state index is -0.00900. The van der Waals surface area contributed by atoms with E-state index >= 15 is 0 Å². The summed E-state index contributed by atoms with van der Waals surface area (Å²) in [6, 6.07) is 6.80. The average molecular weight is 248 g/mol. The molecule has 0 aliphatic carbocycles. The maximum Gasteiger partial charge on any atom is 0.125 e. The van der Waals surface area contributed by atoms with E-state index in [2.05, 4.69) is 24.0 Å². The summed E-state index contributed by atoms with van der Waals surface area (Å²) < 4.78 is 5.47. The number of nitrogens with zero attached hydrogens (tertiary/aromatic N) is 1. The predicted octanol–water partition coefficient (Wildman–Crippen LogP) is 3.09. The van der Waals surface area contributed by atoms with Crippen LogP contribution in [0.15, 0.2) is 18.2 Å². The summed E-state index contributed by atoms with van der Waals surface area (Å²) in [6.45, 7) is 5.44. The Hall–Kier alpha value is -1.22. The van der Waals surface area contributed by atoms with E-state index in [4.69, 9.17) is 10.5 Å². The Morgan fingerprint density at radius 1 is 1.39 bits per heavy atom. The van der Waals surface area contributed by atoms with Crippen molar-refractivity contribution in [2.24, 2.45) is 5.73 Å². The number of nitrogens with two attached hydrogens (primary N) is 1. The van der Waals surface area contributed by atoms with Crippen molar-refractivity contribution in [2.75, 3.05) is 18.6 Å². The number of rotatable bonds is 3. The van der Waals surface area contributed by atoms with Gasteiger partial charge in [-0.15, -0.1) is 0 Å². The monoisotopic (exact) mass is 248 g/mol. The lowest BCUT2D eigenvalue weighted by Gasteiger charge is -2.37. The summed E-state index contributed by atoms with van der Waals surface area (Å²) in [6.07, 6.45) is 3.85. The SMILES string of the molecule is COc1cccc(N2CCCCC2C)c1[C@H](C)N. The summed E-state index contributed by atoms with van der Waals surface area (Å²) in [5.74, 6) is 0.903. The molecule has 2 N–H and O–H groups in total. The van der Waals surface area contributed by atoms with Crippen molar-refractivity contribution in [1.82, 2.24) is 0 Å². The van der Waals surface area contributed by atoms with Crippen LogP contribution in [-0.4, -0.2) is 19.7 Å². The second kappa shape index (κ2) is 5.61. The molecule has 2 atom stereocenters. The minimum Gasteiger partial charge on any atom is -0.496 e. The van der Waals surface area contributed by atoms with Crippen LogP contribution in [0, 0.1) is 0 Å². The third-order valence-electron chi connectivity index (χ3n) is 3.83. The topological polar surface area (TPSA) is 38.5 Å². The molecule has 0 saturated carbocycles. The maximum atomic E-state index is 6.14. The molecular weight excluding hydrogens is 224 g/mol. The second-order valence-electron chi connectivity index (χ2n) is 5.22. The molecule has 3 nitrogen and oxygen atoms in total. The molecule has 1 aromatic carbocycles. The van der Waals surface area contributed by atoms with E-state index in [1.807, 2.05) is 13.0 Å². The molecule has 1 aliphatic rings. The molecule has 1 saturated heterocycles. The van der Waals surface area contributed by atoms with Crippen LogP contribution >= 0.6 is 0 Å². The Bertz CT molecular complexity index is 403. The first-order valence-corrected chi connectivity index (χ1v) is 6.84. The molecule has 0 bridgehead atoms. The Labute approximate surface area is 110 Å². The van der Waals surface area contributed by atoms with Crippen molar-refractivity contribution >= 4 is 5.69 Å². The molecule has 0 amide bonds. The van der Waals surface area contributed by atoms with Crippen LogP contribution in [0.2, 0.25) is 0 Å². The van der Waals surface area contributed by atoms with Gasteiger partial charge < -0.3 is 15.4 Å². The average Bonchev–Trinajstić information content (AvgIpc) is 2.38. The van der Waals surface area contributed by atoms with Crippen LogP contribution < -0.4 is 15.4 Å². The highest BCUT2D eigenvalue weighted by molar-refractivity contribution is 5.61. The Morgan fingerprint density at radius 3 is 2.78 bits per heavy atom. The molecule has 1 aliphatic heterocycles. The normalized spacial score (nSPS) is 21.8.